The van der Waals surface area contributed by atoms with Gasteiger partial charge in [0.05, 0.1) is 0 Å². The maximum Gasteiger partial charge on any atom is 0.253 e. The van der Waals surface area contributed by atoms with Crippen molar-refractivity contribution in [3.63, 3.8) is 0 Å². The lowest BCUT2D eigenvalue weighted by Crippen LogP contribution is -2.48. The van der Waals surface area contributed by atoms with Crippen LogP contribution in [0.15, 0.2) is 24.3 Å². The number of ketones is 1. The number of nitrogens with zero attached hydrogens (tertiary/aromatic N) is 2. The van der Waals surface area contributed by atoms with E-state index in [2.05, 4.69) is 0 Å². The van der Waals surface area contributed by atoms with Crippen molar-refractivity contribution in [3.8, 4) is 0 Å². The Morgan fingerprint density at radius 3 is 2.24 bits per heavy atom. The van der Waals surface area contributed by atoms with Crippen molar-refractivity contribution in [3.05, 3.63) is 35.4 Å². The molecule has 0 atom stereocenters. The highest BCUT2D eigenvalue weighted by Crippen LogP contribution is 2.11. The molecular formula is C16H20N2O3. The van der Waals surface area contributed by atoms with Crippen LogP contribution in [0.1, 0.15) is 29.3 Å². The van der Waals surface area contributed by atoms with Crippen molar-refractivity contribution >= 4 is 18.1 Å². The molecular weight excluding hydrogens is 268 g/mol. The lowest BCUT2D eigenvalue weighted by atomic mass is 10.0. The van der Waals surface area contributed by atoms with Gasteiger partial charge in [0.1, 0.15) is 5.78 Å². The Morgan fingerprint density at radius 2 is 1.71 bits per heavy atom. The molecule has 5 heteroatoms. The maximum atomic E-state index is 12.3. The Balaban J connectivity index is 1.97. The number of carbonyl (C=O) groups excluding carboxylic acids is 3. The van der Waals surface area contributed by atoms with Crippen LogP contribution in [0, 0.1) is 0 Å². The van der Waals surface area contributed by atoms with E-state index in [0.29, 0.717) is 44.6 Å². The molecule has 0 spiro atoms. The second-order valence-corrected chi connectivity index (χ2v) is 5.20. The number of benzene rings is 1. The molecule has 2 rings (SSSR count). The van der Waals surface area contributed by atoms with E-state index in [0.717, 1.165) is 12.0 Å². The number of hydrogen-bond acceptors (Lipinski definition) is 3. The summed E-state index contributed by atoms with van der Waals surface area (Å²) in [5.41, 5.74) is 1.56. The molecule has 1 saturated heterocycles. The minimum atomic E-state index is -0.0195. The van der Waals surface area contributed by atoms with Crippen LogP contribution in [0.4, 0.5) is 0 Å². The van der Waals surface area contributed by atoms with Crippen molar-refractivity contribution < 1.29 is 14.4 Å². The quantitative estimate of drug-likeness (QED) is 0.763. The second-order valence-electron chi connectivity index (χ2n) is 5.20. The fraction of sp³-hybridized carbons (Fsp3) is 0.438. The zero-order valence-corrected chi connectivity index (χ0v) is 12.2. The van der Waals surface area contributed by atoms with E-state index in [9.17, 15) is 14.4 Å². The average molecular weight is 288 g/mol. The van der Waals surface area contributed by atoms with E-state index < -0.39 is 0 Å². The summed E-state index contributed by atoms with van der Waals surface area (Å²) in [6.07, 6.45) is 1.77. The van der Waals surface area contributed by atoms with Gasteiger partial charge in [-0.25, -0.2) is 0 Å². The molecule has 0 aliphatic carbocycles. The summed E-state index contributed by atoms with van der Waals surface area (Å²) in [4.78, 5) is 37.8. The molecule has 112 valence electrons. The Labute approximate surface area is 124 Å². The molecule has 21 heavy (non-hydrogen) atoms. The molecule has 0 N–H and O–H groups in total. The largest absolute Gasteiger partial charge is 0.342 e. The fourth-order valence-corrected chi connectivity index (χ4v) is 2.33. The minimum absolute atomic E-state index is 0.0195. The van der Waals surface area contributed by atoms with Gasteiger partial charge in [0.25, 0.3) is 5.91 Å². The lowest BCUT2D eigenvalue weighted by Gasteiger charge is -2.32. The van der Waals surface area contributed by atoms with Crippen LogP contribution in [0.25, 0.3) is 0 Å². The summed E-state index contributed by atoms with van der Waals surface area (Å²) in [5.74, 6) is 0.174. The fourth-order valence-electron chi connectivity index (χ4n) is 2.33. The van der Waals surface area contributed by atoms with E-state index in [1.54, 1.807) is 21.9 Å². The molecule has 0 radical (unpaired) electrons. The van der Waals surface area contributed by atoms with Crippen molar-refractivity contribution in [2.75, 3.05) is 26.2 Å². The van der Waals surface area contributed by atoms with Crippen LogP contribution in [0.3, 0.4) is 0 Å². The van der Waals surface area contributed by atoms with Gasteiger partial charge in [-0.2, -0.15) is 0 Å². The minimum Gasteiger partial charge on any atom is -0.342 e. The van der Waals surface area contributed by atoms with Gasteiger partial charge in [-0.05, 0) is 17.7 Å². The Bertz CT molecular complexity index is 517. The summed E-state index contributed by atoms with van der Waals surface area (Å²) in [5, 5.41) is 0. The summed E-state index contributed by atoms with van der Waals surface area (Å²) in [7, 11) is 0. The number of rotatable bonds is 5. The number of piperazine rings is 1. The molecule has 0 saturated carbocycles. The zero-order valence-electron chi connectivity index (χ0n) is 12.2. The molecule has 1 heterocycles. The summed E-state index contributed by atoms with van der Waals surface area (Å²) in [6.45, 7) is 4.14. The van der Waals surface area contributed by atoms with Gasteiger partial charge in [0.2, 0.25) is 6.41 Å². The number of Topliss-reactive ketones (excluding diaryl/α,β-unsaturated/α-hetero) is 1. The van der Waals surface area contributed by atoms with Crippen LogP contribution in [0.5, 0.6) is 0 Å². The van der Waals surface area contributed by atoms with E-state index in [1.165, 1.54) is 0 Å². The molecule has 2 amide bonds. The first-order valence-corrected chi connectivity index (χ1v) is 7.23. The Hall–Kier alpha value is -2.17. The van der Waals surface area contributed by atoms with Gasteiger partial charge < -0.3 is 9.80 Å². The highest BCUT2D eigenvalue weighted by molar-refractivity contribution is 5.94. The second kappa shape index (κ2) is 7.02. The van der Waals surface area contributed by atoms with E-state index >= 15 is 0 Å². The van der Waals surface area contributed by atoms with Gasteiger partial charge in [-0.1, -0.05) is 19.1 Å². The van der Waals surface area contributed by atoms with Crippen molar-refractivity contribution in [1.29, 1.82) is 0 Å². The highest BCUT2D eigenvalue weighted by Gasteiger charge is 2.21. The smallest absolute Gasteiger partial charge is 0.253 e. The van der Waals surface area contributed by atoms with Crippen molar-refractivity contribution in [2.24, 2.45) is 0 Å². The highest BCUT2D eigenvalue weighted by atomic mass is 16.2. The molecule has 1 aliphatic rings. The molecule has 0 aromatic heterocycles. The summed E-state index contributed by atoms with van der Waals surface area (Å²) in [6, 6.07) is 7.21. The molecule has 0 bridgehead atoms. The zero-order chi connectivity index (χ0) is 15.2. The lowest BCUT2D eigenvalue weighted by molar-refractivity contribution is -0.119. The van der Waals surface area contributed by atoms with Crippen LogP contribution in [-0.4, -0.2) is 54.1 Å². The van der Waals surface area contributed by atoms with Gasteiger partial charge >= 0.3 is 0 Å². The number of amides is 2. The topological polar surface area (TPSA) is 57.7 Å². The maximum absolute atomic E-state index is 12.3. The molecule has 0 unspecified atom stereocenters. The number of hydrogen-bond donors (Lipinski definition) is 0. The van der Waals surface area contributed by atoms with Gasteiger partial charge in [-0.3, -0.25) is 14.4 Å². The third kappa shape index (κ3) is 3.90. The van der Waals surface area contributed by atoms with Crippen LogP contribution in [-0.2, 0) is 16.0 Å². The predicted octanol–water partition coefficient (Wildman–Crippen LogP) is 1.12. The predicted molar refractivity (Wildman–Crippen MR) is 79.0 cm³/mol. The summed E-state index contributed by atoms with van der Waals surface area (Å²) < 4.78 is 0. The van der Waals surface area contributed by atoms with Gasteiger partial charge in [-0.15, -0.1) is 0 Å². The van der Waals surface area contributed by atoms with E-state index in [4.69, 9.17) is 0 Å². The van der Waals surface area contributed by atoms with Gasteiger partial charge in [0, 0.05) is 44.6 Å². The van der Waals surface area contributed by atoms with Crippen molar-refractivity contribution in [2.45, 2.75) is 19.8 Å². The Kier molecular flexibility index (Phi) is 5.09. The molecule has 5 nitrogen and oxygen atoms in total. The van der Waals surface area contributed by atoms with Crippen LogP contribution < -0.4 is 0 Å². The normalized spacial score (nSPS) is 14.9. The Morgan fingerprint density at radius 1 is 1.10 bits per heavy atom. The first-order chi connectivity index (χ1) is 10.1. The summed E-state index contributed by atoms with van der Waals surface area (Å²) >= 11 is 0. The van der Waals surface area contributed by atoms with Gasteiger partial charge in [0.15, 0.2) is 0 Å². The first kappa shape index (κ1) is 15.2. The van der Waals surface area contributed by atoms with Crippen LogP contribution in [0.2, 0.25) is 0 Å². The molecule has 1 aliphatic heterocycles. The number of carbonyl (C=O) groups is 3. The third-order valence-corrected chi connectivity index (χ3v) is 3.75. The molecule has 1 aromatic rings. The standard InChI is InChI=1S/C16H20N2O3/c1-2-15(20)11-13-3-5-14(6-4-13)16(21)18-9-7-17(12-19)8-10-18/h3-6,12H,2,7-11H2,1H3. The molecule has 1 fully saturated rings. The van der Waals surface area contributed by atoms with E-state index in [1.807, 2.05) is 19.1 Å². The first-order valence-electron chi connectivity index (χ1n) is 7.23. The van der Waals surface area contributed by atoms with Crippen molar-refractivity contribution in [1.82, 2.24) is 9.80 Å². The van der Waals surface area contributed by atoms with Crippen LogP contribution >= 0.6 is 0 Å². The average Bonchev–Trinajstić information content (AvgIpc) is 2.55. The third-order valence-electron chi connectivity index (χ3n) is 3.75. The molecule has 1 aromatic carbocycles. The van der Waals surface area contributed by atoms with E-state index in [-0.39, 0.29) is 11.7 Å². The SMILES string of the molecule is CCC(=O)Cc1ccc(C(=O)N2CCN(C=O)CC2)cc1. The monoisotopic (exact) mass is 288 g/mol.